The van der Waals surface area contributed by atoms with Gasteiger partial charge in [-0.05, 0) is 19.2 Å². The Morgan fingerprint density at radius 2 is 1.83 bits per heavy atom. The zero-order valence-electron chi connectivity index (χ0n) is 12.1. The molecule has 1 aromatic heterocycles. The zero-order chi connectivity index (χ0) is 17.2. The lowest BCUT2D eigenvalue weighted by Crippen LogP contribution is -2.19. The van der Waals surface area contributed by atoms with Crippen LogP contribution in [-0.2, 0) is 10.0 Å². The van der Waals surface area contributed by atoms with Gasteiger partial charge in [0.2, 0.25) is 15.9 Å². The van der Waals surface area contributed by atoms with Crippen molar-refractivity contribution in [3.05, 3.63) is 34.4 Å². The Morgan fingerprint density at radius 1 is 1.22 bits per heavy atom. The van der Waals surface area contributed by atoms with Crippen molar-refractivity contribution in [3.8, 4) is 17.4 Å². The lowest BCUT2D eigenvalue weighted by Gasteiger charge is -2.12. The number of anilines is 1. The smallest absolute Gasteiger partial charge is 0.244 e. The van der Waals surface area contributed by atoms with Crippen molar-refractivity contribution in [2.24, 2.45) is 0 Å². The maximum Gasteiger partial charge on any atom is 0.244 e. The minimum Gasteiger partial charge on any atom is -0.494 e. The summed E-state index contributed by atoms with van der Waals surface area (Å²) in [5, 5.41) is 0.344. The van der Waals surface area contributed by atoms with E-state index in [9.17, 15) is 8.42 Å². The van der Waals surface area contributed by atoms with E-state index < -0.39 is 10.0 Å². The summed E-state index contributed by atoms with van der Waals surface area (Å²) in [6.07, 6.45) is 1.22. The van der Waals surface area contributed by atoms with Crippen molar-refractivity contribution in [2.45, 2.75) is 4.90 Å². The molecule has 7 nitrogen and oxygen atoms in total. The highest BCUT2D eigenvalue weighted by Crippen LogP contribution is 2.38. The first kappa shape index (κ1) is 17.6. The Labute approximate surface area is 143 Å². The third kappa shape index (κ3) is 3.78. The van der Waals surface area contributed by atoms with Gasteiger partial charge in [-0.3, -0.25) is 0 Å². The molecule has 2 rings (SSSR count). The van der Waals surface area contributed by atoms with E-state index in [-0.39, 0.29) is 32.3 Å². The molecular weight excluding hydrogens is 365 g/mol. The molecule has 1 heterocycles. The number of nitrogens with two attached hydrogens (primary N) is 1. The molecule has 0 aliphatic rings. The summed E-state index contributed by atoms with van der Waals surface area (Å²) >= 11 is 12.1. The summed E-state index contributed by atoms with van der Waals surface area (Å²) in [7, 11) is -1.15. The largest absolute Gasteiger partial charge is 0.494 e. The normalized spacial score (nSPS) is 11.3. The average Bonchev–Trinajstić information content (AvgIpc) is 2.50. The fourth-order valence-electron chi connectivity index (χ4n) is 1.72. The number of rotatable bonds is 5. The van der Waals surface area contributed by atoms with Crippen LogP contribution in [0.1, 0.15) is 0 Å². The first-order valence-corrected chi connectivity index (χ1v) is 8.42. The maximum atomic E-state index is 12.0. The average molecular weight is 378 g/mol. The predicted molar refractivity (Wildman–Crippen MR) is 88.0 cm³/mol. The number of hydrogen-bond donors (Lipinski definition) is 2. The molecular formula is C13H13Cl2N3O4S. The van der Waals surface area contributed by atoms with Crippen molar-refractivity contribution in [1.29, 1.82) is 0 Å². The fraction of sp³-hybridized carbons (Fsp3) is 0.154. The molecule has 124 valence electrons. The summed E-state index contributed by atoms with van der Waals surface area (Å²) in [5.74, 6) is 0.169. The zero-order valence-corrected chi connectivity index (χ0v) is 14.5. The van der Waals surface area contributed by atoms with Gasteiger partial charge in [-0.1, -0.05) is 23.2 Å². The van der Waals surface area contributed by atoms with E-state index in [0.29, 0.717) is 5.69 Å². The number of benzene rings is 1. The van der Waals surface area contributed by atoms with Gasteiger partial charge in [0.25, 0.3) is 0 Å². The highest BCUT2D eigenvalue weighted by atomic mass is 35.5. The number of pyridine rings is 1. The maximum absolute atomic E-state index is 12.0. The van der Waals surface area contributed by atoms with Crippen LogP contribution in [0.3, 0.4) is 0 Å². The van der Waals surface area contributed by atoms with E-state index in [2.05, 4.69) is 9.71 Å². The van der Waals surface area contributed by atoms with Crippen molar-refractivity contribution >= 4 is 38.9 Å². The molecule has 1 aromatic carbocycles. The first-order valence-electron chi connectivity index (χ1n) is 6.18. The fourth-order valence-corrected chi connectivity index (χ4v) is 3.17. The van der Waals surface area contributed by atoms with Crippen LogP contribution in [0.25, 0.3) is 0 Å². The Morgan fingerprint density at radius 3 is 2.35 bits per heavy atom. The van der Waals surface area contributed by atoms with E-state index in [1.54, 1.807) is 0 Å². The summed E-state index contributed by atoms with van der Waals surface area (Å²) < 4.78 is 36.7. The lowest BCUT2D eigenvalue weighted by atomic mass is 10.3. The number of methoxy groups -OCH3 is 1. The van der Waals surface area contributed by atoms with Gasteiger partial charge in [-0.15, -0.1) is 0 Å². The number of halogens is 2. The minimum absolute atomic E-state index is 0.0202. The van der Waals surface area contributed by atoms with Gasteiger partial charge in [0, 0.05) is 11.8 Å². The van der Waals surface area contributed by atoms with Crippen LogP contribution in [0.5, 0.6) is 17.4 Å². The van der Waals surface area contributed by atoms with Gasteiger partial charge < -0.3 is 15.2 Å². The third-order valence-electron chi connectivity index (χ3n) is 2.81. The SMILES string of the molecule is CNS(=O)(=O)c1cc(Oc2c(Cl)cc(N)cc2Cl)ncc1OC. The summed E-state index contributed by atoms with van der Waals surface area (Å²) in [6, 6.07) is 4.11. The molecule has 0 saturated carbocycles. The molecule has 0 radical (unpaired) electrons. The van der Waals surface area contributed by atoms with Gasteiger partial charge in [0.1, 0.15) is 4.90 Å². The molecule has 2 aromatic rings. The number of nitrogens with one attached hydrogen (secondary N) is 1. The summed E-state index contributed by atoms with van der Waals surface area (Å²) in [4.78, 5) is 3.84. The highest BCUT2D eigenvalue weighted by Gasteiger charge is 2.20. The molecule has 0 atom stereocenters. The topological polar surface area (TPSA) is 104 Å². The van der Waals surface area contributed by atoms with Crippen LogP contribution in [0.15, 0.2) is 29.3 Å². The Balaban J connectivity index is 2.49. The van der Waals surface area contributed by atoms with Crippen molar-refractivity contribution < 1.29 is 17.9 Å². The molecule has 0 aliphatic carbocycles. The third-order valence-corrected chi connectivity index (χ3v) is 4.81. The summed E-state index contributed by atoms with van der Waals surface area (Å²) in [5.41, 5.74) is 5.98. The van der Waals surface area contributed by atoms with Gasteiger partial charge >= 0.3 is 0 Å². The molecule has 0 spiro atoms. The number of aromatic nitrogens is 1. The van der Waals surface area contributed by atoms with Gasteiger partial charge in [0.05, 0.1) is 23.4 Å². The predicted octanol–water partition coefficient (Wildman–Crippen LogP) is 2.68. The minimum atomic E-state index is -3.76. The van der Waals surface area contributed by atoms with Crippen LogP contribution in [0.4, 0.5) is 5.69 Å². The number of hydrogen-bond acceptors (Lipinski definition) is 6. The monoisotopic (exact) mass is 377 g/mol. The number of nitrogen functional groups attached to an aromatic ring is 1. The molecule has 0 bridgehead atoms. The summed E-state index contributed by atoms with van der Waals surface area (Å²) in [6.45, 7) is 0. The number of ether oxygens (including phenoxy) is 2. The number of nitrogens with zero attached hydrogens (tertiary/aromatic N) is 1. The van der Waals surface area contributed by atoms with E-state index in [4.69, 9.17) is 38.4 Å². The molecule has 0 fully saturated rings. The molecule has 0 aliphatic heterocycles. The van der Waals surface area contributed by atoms with Gasteiger partial charge in [0.15, 0.2) is 11.5 Å². The lowest BCUT2D eigenvalue weighted by molar-refractivity contribution is 0.394. The van der Waals surface area contributed by atoms with Crippen LogP contribution >= 0.6 is 23.2 Å². The quantitative estimate of drug-likeness (QED) is 0.776. The Kier molecular flexibility index (Phi) is 5.20. The van der Waals surface area contributed by atoms with E-state index >= 15 is 0 Å². The van der Waals surface area contributed by atoms with Gasteiger partial charge in [-0.25, -0.2) is 18.1 Å². The molecule has 10 heteroatoms. The molecule has 23 heavy (non-hydrogen) atoms. The Bertz CT molecular complexity index is 820. The second-order valence-corrected chi connectivity index (χ2v) is 6.97. The van der Waals surface area contributed by atoms with Crippen LogP contribution < -0.4 is 19.9 Å². The van der Waals surface area contributed by atoms with Crippen LogP contribution in [0.2, 0.25) is 10.0 Å². The molecule has 0 unspecified atom stereocenters. The molecule has 0 amide bonds. The van der Waals surface area contributed by atoms with Crippen molar-refractivity contribution in [2.75, 3.05) is 19.9 Å². The van der Waals surface area contributed by atoms with Crippen LogP contribution in [0, 0.1) is 0 Å². The van der Waals surface area contributed by atoms with E-state index in [1.807, 2.05) is 0 Å². The van der Waals surface area contributed by atoms with Gasteiger partial charge in [-0.2, -0.15) is 0 Å². The van der Waals surface area contributed by atoms with Crippen molar-refractivity contribution in [3.63, 3.8) is 0 Å². The second-order valence-electron chi connectivity index (χ2n) is 4.30. The molecule has 3 N–H and O–H groups in total. The van der Waals surface area contributed by atoms with Crippen molar-refractivity contribution in [1.82, 2.24) is 9.71 Å². The molecule has 0 saturated heterocycles. The standard InChI is InChI=1S/C13H13Cl2N3O4S/c1-17-23(19,20)11-5-12(18-6-10(11)21-2)22-13-8(14)3-7(16)4-9(13)15/h3-6,17H,16H2,1-2H3. The first-order chi connectivity index (χ1) is 10.8. The van der Waals surface area contributed by atoms with E-state index in [1.165, 1.54) is 38.6 Å². The van der Waals surface area contributed by atoms with Crippen LogP contribution in [-0.4, -0.2) is 27.6 Å². The highest BCUT2D eigenvalue weighted by molar-refractivity contribution is 7.89. The van der Waals surface area contributed by atoms with E-state index in [0.717, 1.165) is 0 Å². The Hall–Kier alpha value is -1.74. The second kappa shape index (κ2) is 6.79. The number of sulfonamides is 1.